The lowest BCUT2D eigenvalue weighted by Crippen LogP contribution is -2.56. The third kappa shape index (κ3) is 6.54. The summed E-state index contributed by atoms with van der Waals surface area (Å²) >= 11 is 23.4. The Labute approximate surface area is 179 Å². The van der Waals surface area contributed by atoms with Gasteiger partial charge in [-0.3, -0.25) is 4.79 Å². The molecule has 0 saturated heterocycles. The third-order valence-electron chi connectivity index (χ3n) is 3.82. The SMILES string of the molecule is Cc1ccc(C(=O)NC(NC(=S)Nc2ccc(C)cc2C)C(Cl)(Cl)Cl)cc1. The molecule has 8 heteroatoms. The molecule has 27 heavy (non-hydrogen) atoms. The predicted molar refractivity (Wildman–Crippen MR) is 118 cm³/mol. The van der Waals surface area contributed by atoms with Gasteiger partial charge in [-0.15, -0.1) is 0 Å². The standard InChI is InChI=1S/C19H20Cl3N3OS/c1-11-4-7-14(8-5-11)16(26)24-17(19(20,21)22)25-18(27)23-15-9-6-12(2)10-13(15)3/h4-10,17H,1-3H3,(H,24,26)(H2,23,25,27). The summed E-state index contributed by atoms with van der Waals surface area (Å²) in [6, 6.07) is 13.0. The van der Waals surface area contributed by atoms with E-state index in [1.54, 1.807) is 12.1 Å². The molecule has 2 aromatic carbocycles. The van der Waals surface area contributed by atoms with E-state index in [1.165, 1.54) is 0 Å². The first kappa shape index (κ1) is 21.8. The van der Waals surface area contributed by atoms with E-state index in [-0.39, 0.29) is 11.0 Å². The number of rotatable bonds is 4. The van der Waals surface area contributed by atoms with Crippen molar-refractivity contribution in [2.24, 2.45) is 0 Å². The molecule has 0 aliphatic rings. The van der Waals surface area contributed by atoms with Crippen LogP contribution in [-0.4, -0.2) is 21.0 Å². The molecule has 2 aromatic rings. The number of carbonyl (C=O) groups is 1. The van der Waals surface area contributed by atoms with Crippen molar-refractivity contribution >= 4 is 63.7 Å². The van der Waals surface area contributed by atoms with Gasteiger partial charge in [0.25, 0.3) is 5.91 Å². The Morgan fingerprint density at radius 1 is 0.963 bits per heavy atom. The first-order valence-corrected chi connectivity index (χ1v) is 9.69. The smallest absolute Gasteiger partial charge is 0.252 e. The van der Waals surface area contributed by atoms with Gasteiger partial charge < -0.3 is 16.0 Å². The lowest BCUT2D eigenvalue weighted by Gasteiger charge is -2.28. The molecule has 0 aliphatic heterocycles. The van der Waals surface area contributed by atoms with Crippen LogP contribution >= 0.6 is 47.0 Å². The highest BCUT2D eigenvalue weighted by Crippen LogP contribution is 2.29. The van der Waals surface area contributed by atoms with Crippen molar-refractivity contribution in [3.05, 3.63) is 64.7 Å². The van der Waals surface area contributed by atoms with Crippen LogP contribution in [0.4, 0.5) is 5.69 Å². The number of benzene rings is 2. The molecule has 0 bridgehead atoms. The summed E-state index contributed by atoms with van der Waals surface area (Å²) in [5.74, 6) is -0.381. The summed E-state index contributed by atoms with van der Waals surface area (Å²) in [5, 5.41) is 8.79. The number of nitrogens with one attached hydrogen (secondary N) is 3. The highest BCUT2D eigenvalue weighted by atomic mass is 35.6. The van der Waals surface area contributed by atoms with Gasteiger partial charge in [-0.2, -0.15) is 0 Å². The molecule has 0 saturated carbocycles. The highest BCUT2D eigenvalue weighted by molar-refractivity contribution is 7.80. The van der Waals surface area contributed by atoms with Crippen LogP contribution in [0.2, 0.25) is 0 Å². The zero-order valence-corrected chi connectivity index (χ0v) is 18.2. The van der Waals surface area contributed by atoms with Gasteiger partial charge in [0.05, 0.1) is 0 Å². The molecule has 0 radical (unpaired) electrons. The Kier molecular flexibility index (Phi) is 7.34. The van der Waals surface area contributed by atoms with Gasteiger partial charge in [0.2, 0.25) is 3.79 Å². The van der Waals surface area contributed by atoms with Crippen molar-refractivity contribution in [1.29, 1.82) is 0 Å². The van der Waals surface area contributed by atoms with Gasteiger partial charge in [0, 0.05) is 11.3 Å². The van der Waals surface area contributed by atoms with Crippen LogP contribution in [0, 0.1) is 20.8 Å². The molecule has 3 N–H and O–H groups in total. The lowest BCUT2D eigenvalue weighted by molar-refractivity contribution is 0.0934. The molecule has 0 heterocycles. The summed E-state index contributed by atoms with van der Waals surface area (Å²) in [7, 11) is 0. The number of anilines is 1. The van der Waals surface area contributed by atoms with E-state index in [1.807, 2.05) is 51.1 Å². The second-order valence-electron chi connectivity index (χ2n) is 6.23. The largest absolute Gasteiger partial charge is 0.339 e. The number of hydrogen-bond acceptors (Lipinski definition) is 2. The fourth-order valence-electron chi connectivity index (χ4n) is 2.36. The molecule has 1 atom stereocenters. The number of alkyl halides is 3. The summed E-state index contributed by atoms with van der Waals surface area (Å²) in [5.41, 5.74) is 4.48. The molecule has 0 aromatic heterocycles. The highest BCUT2D eigenvalue weighted by Gasteiger charge is 2.34. The summed E-state index contributed by atoms with van der Waals surface area (Å²) in [6.45, 7) is 5.90. The van der Waals surface area contributed by atoms with E-state index in [4.69, 9.17) is 47.0 Å². The predicted octanol–water partition coefficient (Wildman–Crippen LogP) is 5.02. The average Bonchev–Trinajstić information content (AvgIpc) is 2.56. The number of halogens is 3. The van der Waals surface area contributed by atoms with E-state index >= 15 is 0 Å². The maximum absolute atomic E-state index is 12.5. The Morgan fingerprint density at radius 2 is 1.56 bits per heavy atom. The van der Waals surface area contributed by atoms with Gasteiger partial charge in [0.1, 0.15) is 6.17 Å². The molecule has 4 nitrogen and oxygen atoms in total. The van der Waals surface area contributed by atoms with Crippen LogP contribution in [0.5, 0.6) is 0 Å². The van der Waals surface area contributed by atoms with Crippen molar-refractivity contribution < 1.29 is 4.79 Å². The quantitative estimate of drug-likeness (QED) is 0.352. The first-order chi connectivity index (χ1) is 12.6. The fourth-order valence-corrected chi connectivity index (χ4v) is 2.92. The normalized spacial score (nSPS) is 12.2. The monoisotopic (exact) mass is 443 g/mol. The number of amides is 1. The minimum Gasteiger partial charge on any atom is -0.339 e. The first-order valence-electron chi connectivity index (χ1n) is 8.15. The molecule has 2 rings (SSSR count). The average molecular weight is 445 g/mol. The van der Waals surface area contributed by atoms with Crippen molar-refractivity contribution in [2.75, 3.05) is 5.32 Å². The van der Waals surface area contributed by atoms with Crippen molar-refractivity contribution in [3.63, 3.8) is 0 Å². The Hall–Kier alpha value is -1.53. The summed E-state index contributed by atoms with van der Waals surface area (Å²) in [6.07, 6.45) is -1.03. The zero-order valence-electron chi connectivity index (χ0n) is 15.1. The van der Waals surface area contributed by atoms with Crippen LogP contribution in [0.15, 0.2) is 42.5 Å². The minimum absolute atomic E-state index is 0.225. The topological polar surface area (TPSA) is 53.2 Å². The van der Waals surface area contributed by atoms with Gasteiger partial charge in [-0.1, -0.05) is 70.2 Å². The molecular formula is C19H20Cl3N3OS. The van der Waals surface area contributed by atoms with Gasteiger partial charge in [-0.05, 0) is 56.8 Å². The van der Waals surface area contributed by atoms with Gasteiger partial charge >= 0.3 is 0 Å². The van der Waals surface area contributed by atoms with Crippen LogP contribution < -0.4 is 16.0 Å². The van der Waals surface area contributed by atoms with Crippen molar-refractivity contribution in [3.8, 4) is 0 Å². The number of thiocarbonyl (C=S) groups is 1. The van der Waals surface area contributed by atoms with Crippen molar-refractivity contribution in [2.45, 2.75) is 30.7 Å². The molecule has 0 aliphatic carbocycles. The van der Waals surface area contributed by atoms with E-state index in [0.717, 1.165) is 22.4 Å². The summed E-state index contributed by atoms with van der Waals surface area (Å²) in [4.78, 5) is 12.5. The van der Waals surface area contributed by atoms with E-state index in [9.17, 15) is 4.79 Å². The third-order valence-corrected chi connectivity index (χ3v) is 4.70. The number of aryl methyl sites for hydroxylation is 3. The van der Waals surface area contributed by atoms with Crippen LogP contribution in [-0.2, 0) is 0 Å². The second kappa shape index (κ2) is 9.11. The number of hydrogen-bond donors (Lipinski definition) is 3. The maximum Gasteiger partial charge on any atom is 0.252 e. The van der Waals surface area contributed by atoms with Crippen molar-refractivity contribution in [1.82, 2.24) is 10.6 Å². The molecule has 1 amide bonds. The van der Waals surface area contributed by atoms with Crippen LogP contribution in [0.1, 0.15) is 27.0 Å². The van der Waals surface area contributed by atoms with Crippen LogP contribution in [0.3, 0.4) is 0 Å². The molecule has 144 valence electrons. The Bertz CT molecular complexity index is 835. The fraction of sp³-hybridized carbons (Fsp3) is 0.263. The van der Waals surface area contributed by atoms with Gasteiger partial charge in [0.15, 0.2) is 5.11 Å². The molecular weight excluding hydrogens is 425 g/mol. The Morgan fingerprint density at radius 3 is 2.11 bits per heavy atom. The number of carbonyl (C=O) groups excluding carboxylic acids is 1. The maximum atomic E-state index is 12.5. The van der Waals surface area contributed by atoms with E-state index in [2.05, 4.69) is 16.0 Å². The lowest BCUT2D eigenvalue weighted by atomic mass is 10.1. The minimum atomic E-state index is -1.81. The van der Waals surface area contributed by atoms with Gasteiger partial charge in [-0.25, -0.2) is 0 Å². The molecule has 1 unspecified atom stereocenters. The molecule has 0 spiro atoms. The molecule has 0 fully saturated rings. The van der Waals surface area contributed by atoms with E-state index < -0.39 is 9.96 Å². The Balaban J connectivity index is 2.08. The summed E-state index contributed by atoms with van der Waals surface area (Å²) < 4.78 is -1.81. The zero-order chi connectivity index (χ0) is 20.2. The van der Waals surface area contributed by atoms with Crippen LogP contribution in [0.25, 0.3) is 0 Å². The second-order valence-corrected chi connectivity index (χ2v) is 9.01. The van der Waals surface area contributed by atoms with E-state index in [0.29, 0.717) is 5.56 Å².